The number of carbonyl (C=O) groups excluding carboxylic acids is 1. The molecule has 2 N–H and O–H groups in total. The number of aliphatic imine (C=N–C) groups is 1. The number of rotatable bonds is 1. The molecule has 0 bridgehead atoms. The van der Waals surface area contributed by atoms with E-state index in [4.69, 9.17) is 28.9 Å². The molecule has 0 spiro atoms. The second kappa shape index (κ2) is 2.83. The third-order valence-corrected chi connectivity index (χ3v) is 2.35. The van der Waals surface area contributed by atoms with Gasteiger partial charge in [0.05, 0.1) is 6.54 Å². The molecule has 1 atom stereocenters. The Balaban J connectivity index is 3.00. The first-order chi connectivity index (χ1) is 5.07. The second-order valence-electron chi connectivity index (χ2n) is 2.11. The highest BCUT2D eigenvalue weighted by atomic mass is 35.5. The van der Waals surface area contributed by atoms with Crippen LogP contribution in [-0.2, 0) is 4.79 Å². The molecule has 1 aliphatic heterocycles. The van der Waals surface area contributed by atoms with E-state index in [2.05, 4.69) is 4.99 Å². The van der Waals surface area contributed by atoms with E-state index in [1.54, 1.807) is 6.08 Å². The number of amides is 1. The molecule has 0 saturated carbocycles. The van der Waals surface area contributed by atoms with Gasteiger partial charge in [-0.3, -0.25) is 9.79 Å². The minimum atomic E-state index is -1.42. The number of hydrogen-bond donors (Lipinski definition) is 1. The Labute approximate surface area is 73.9 Å². The van der Waals surface area contributed by atoms with Gasteiger partial charge in [-0.05, 0) is 6.08 Å². The van der Waals surface area contributed by atoms with Crippen molar-refractivity contribution in [2.24, 2.45) is 10.7 Å². The summed E-state index contributed by atoms with van der Waals surface area (Å²) in [6, 6.07) is 0. The Kier molecular flexibility index (Phi) is 2.20. The van der Waals surface area contributed by atoms with Crippen LogP contribution in [0.3, 0.4) is 0 Å². The molecule has 0 fully saturated rings. The van der Waals surface area contributed by atoms with E-state index in [0.717, 1.165) is 0 Å². The van der Waals surface area contributed by atoms with Crippen molar-refractivity contribution in [2.75, 3.05) is 6.54 Å². The molecule has 1 unspecified atom stereocenters. The molecule has 0 aromatic rings. The molecule has 1 heterocycles. The molecule has 0 aromatic carbocycles. The van der Waals surface area contributed by atoms with Crippen molar-refractivity contribution >= 4 is 34.3 Å². The number of primary amides is 1. The van der Waals surface area contributed by atoms with Crippen LogP contribution >= 0.6 is 23.2 Å². The van der Waals surface area contributed by atoms with Crippen LogP contribution < -0.4 is 5.73 Å². The molecule has 5 heteroatoms. The van der Waals surface area contributed by atoms with Crippen molar-refractivity contribution in [1.82, 2.24) is 0 Å². The van der Waals surface area contributed by atoms with Crippen molar-refractivity contribution < 1.29 is 4.79 Å². The fraction of sp³-hybridized carbons (Fsp3) is 0.333. The highest BCUT2D eigenvalue weighted by Gasteiger charge is 2.37. The first-order valence-corrected chi connectivity index (χ1v) is 3.70. The summed E-state index contributed by atoms with van der Waals surface area (Å²) in [5.74, 6) is -0.705. The SMILES string of the molecule is NC(=O)C1(Cl)C=CCN=C1Cl. The molecule has 60 valence electrons. The van der Waals surface area contributed by atoms with Gasteiger partial charge >= 0.3 is 0 Å². The van der Waals surface area contributed by atoms with E-state index in [0.29, 0.717) is 6.54 Å². The van der Waals surface area contributed by atoms with Crippen molar-refractivity contribution in [3.8, 4) is 0 Å². The standard InChI is InChI=1S/C6H6Cl2N2O/c7-4-6(8,5(9)11)2-1-3-10-4/h1-2H,3H2,(H2,9,11). The van der Waals surface area contributed by atoms with Crippen LogP contribution in [-0.4, -0.2) is 22.5 Å². The highest BCUT2D eigenvalue weighted by Crippen LogP contribution is 2.24. The topological polar surface area (TPSA) is 55.5 Å². The molecule has 3 nitrogen and oxygen atoms in total. The monoisotopic (exact) mass is 192 g/mol. The number of dihydropyridines is 1. The zero-order chi connectivity index (χ0) is 8.48. The number of alkyl halides is 1. The van der Waals surface area contributed by atoms with Crippen LogP contribution in [0.15, 0.2) is 17.1 Å². The predicted molar refractivity (Wildman–Crippen MR) is 45.1 cm³/mol. The van der Waals surface area contributed by atoms with Crippen LogP contribution in [0.5, 0.6) is 0 Å². The van der Waals surface area contributed by atoms with E-state index in [1.807, 2.05) is 0 Å². The Hall–Kier alpha value is -0.540. The van der Waals surface area contributed by atoms with Gasteiger partial charge in [0.2, 0.25) is 5.91 Å². The van der Waals surface area contributed by atoms with Crippen molar-refractivity contribution in [3.63, 3.8) is 0 Å². The smallest absolute Gasteiger partial charge is 0.249 e. The molecule has 1 rings (SSSR count). The number of nitrogens with two attached hydrogens (primary N) is 1. The summed E-state index contributed by atoms with van der Waals surface area (Å²) in [6.07, 6.45) is 3.09. The molecule has 0 radical (unpaired) electrons. The Morgan fingerprint density at radius 1 is 1.82 bits per heavy atom. The lowest BCUT2D eigenvalue weighted by Crippen LogP contribution is -2.43. The predicted octanol–water partition coefficient (Wildman–Crippen LogP) is 0.656. The largest absolute Gasteiger partial charge is 0.367 e. The Morgan fingerprint density at radius 2 is 2.45 bits per heavy atom. The minimum Gasteiger partial charge on any atom is -0.367 e. The van der Waals surface area contributed by atoms with Gasteiger partial charge in [-0.1, -0.05) is 29.3 Å². The van der Waals surface area contributed by atoms with Gasteiger partial charge in [-0.15, -0.1) is 0 Å². The van der Waals surface area contributed by atoms with Crippen LogP contribution in [0, 0.1) is 0 Å². The summed E-state index contributed by atoms with van der Waals surface area (Å²) >= 11 is 11.3. The maximum atomic E-state index is 10.8. The van der Waals surface area contributed by atoms with Gasteiger partial charge in [-0.2, -0.15) is 0 Å². The molecule has 11 heavy (non-hydrogen) atoms. The van der Waals surface area contributed by atoms with Crippen LogP contribution in [0.25, 0.3) is 0 Å². The van der Waals surface area contributed by atoms with Gasteiger partial charge in [0.15, 0.2) is 4.87 Å². The zero-order valence-corrected chi connectivity index (χ0v) is 7.06. The van der Waals surface area contributed by atoms with E-state index < -0.39 is 10.8 Å². The molecule has 0 saturated heterocycles. The van der Waals surface area contributed by atoms with Crippen LogP contribution in [0.2, 0.25) is 0 Å². The van der Waals surface area contributed by atoms with Crippen LogP contribution in [0.4, 0.5) is 0 Å². The number of halogens is 2. The number of carbonyl (C=O) groups is 1. The lowest BCUT2D eigenvalue weighted by atomic mass is 10.1. The highest BCUT2D eigenvalue weighted by molar-refractivity contribution is 6.76. The molecule has 0 aromatic heterocycles. The average Bonchev–Trinajstić information content (AvgIpc) is 1.95. The average molecular weight is 193 g/mol. The lowest BCUT2D eigenvalue weighted by molar-refractivity contribution is -0.118. The summed E-state index contributed by atoms with van der Waals surface area (Å²) in [5.41, 5.74) is 5.00. The van der Waals surface area contributed by atoms with Gasteiger partial charge < -0.3 is 5.73 Å². The van der Waals surface area contributed by atoms with E-state index in [1.165, 1.54) is 6.08 Å². The number of hydrogen-bond acceptors (Lipinski definition) is 2. The maximum absolute atomic E-state index is 10.8. The molecule has 1 aliphatic rings. The van der Waals surface area contributed by atoms with E-state index in [-0.39, 0.29) is 5.17 Å². The van der Waals surface area contributed by atoms with E-state index >= 15 is 0 Å². The first-order valence-electron chi connectivity index (χ1n) is 2.94. The summed E-state index contributed by atoms with van der Waals surface area (Å²) < 4.78 is 0. The minimum absolute atomic E-state index is 0.0363. The Bertz CT molecular complexity index is 249. The lowest BCUT2D eigenvalue weighted by Gasteiger charge is -2.19. The summed E-state index contributed by atoms with van der Waals surface area (Å²) in [5, 5.41) is 0.0363. The fourth-order valence-electron chi connectivity index (χ4n) is 0.716. The zero-order valence-electron chi connectivity index (χ0n) is 5.55. The van der Waals surface area contributed by atoms with Gasteiger partial charge in [-0.25, -0.2) is 0 Å². The van der Waals surface area contributed by atoms with Gasteiger partial charge in [0.1, 0.15) is 5.17 Å². The van der Waals surface area contributed by atoms with Crippen molar-refractivity contribution in [2.45, 2.75) is 4.87 Å². The first kappa shape index (κ1) is 8.56. The molecule has 1 amide bonds. The summed E-state index contributed by atoms with van der Waals surface area (Å²) in [6.45, 7) is 0.445. The third kappa shape index (κ3) is 1.39. The van der Waals surface area contributed by atoms with Gasteiger partial charge in [0, 0.05) is 0 Å². The number of nitrogens with zero attached hydrogens (tertiary/aromatic N) is 1. The molecular formula is C6H6Cl2N2O. The summed E-state index contributed by atoms with van der Waals surface area (Å²) in [7, 11) is 0. The fourth-order valence-corrected chi connectivity index (χ4v) is 1.09. The van der Waals surface area contributed by atoms with Crippen LogP contribution in [0.1, 0.15) is 0 Å². The third-order valence-electron chi connectivity index (χ3n) is 1.34. The van der Waals surface area contributed by atoms with E-state index in [9.17, 15) is 4.79 Å². The van der Waals surface area contributed by atoms with Crippen molar-refractivity contribution in [1.29, 1.82) is 0 Å². The molecule has 0 aliphatic carbocycles. The van der Waals surface area contributed by atoms with Gasteiger partial charge in [0.25, 0.3) is 0 Å². The molecular weight excluding hydrogens is 187 g/mol. The summed E-state index contributed by atoms with van der Waals surface area (Å²) in [4.78, 5) is 13.1. The maximum Gasteiger partial charge on any atom is 0.249 e. The quantitative estimate of drug-likeness (QED) is 0.482. The Morgan fingerprint density at radius 3 is 2.82 bits per heavy atom. The second-order valence-corrected chi connectivity index (χ2v) is 3.06. The van der Waals surface area contributed by atoms with Crippen molar-refractivity contribution in [3.05, 3.63) is 12.2 Å². The normalized spacial score (nSPS) is 29.8.